The molecule has 1 atom stereocenters. The summed E-state index contributed by atoms with van der Waals surface area (Å²) in [7, 11) is -3.20. The number of hydrogen-bond acceptors (Lipinski definition) is 5. The van der Waals surface area contributed by atoms with E-state index >= 15 is 0 Å². The number of aliphatic hydroxyl groups excluding tert-OH is 1. The molecule has 2 rings (SSSR count). The van der Waals surface area contributed by atoms with Crippen LogP contribution < -0.4 is 5.32 Å². The molecule has 0 aliphatic heterocycles. The summed E-state index contributed by atoms with van der Waals surface area (Å²) in [5.41, 5.74) is 1.81. The van der Waals surface area contributed by atoms with E-state index in [0.717, 1.165) is 18.4 Å². The second kappa shape index (κ2) is 7.04. The number of benzene rings is 1. The normalized spacial score (nSPS) is 13.2. The van der Waals surface area contributed by atoms with Crippen LogP contribution in [0.2, 0.25) is 0 Å². The van der Waals surface area contributed by atoms with Gasteiger partial charge >= 0.3 is 0 Å². The lowest BCUT2D eigenvalue weighted by atomic mass is 10.1. The fourth-order valence-corrected chi connectivity index (χ4v) is 2.71. The Morgan fingerprint density at radius 2 is 2.00 bits per heavy atom. The number of rotatable bonds is 7. The molecule has 120 valence electrons. The number of aromatic nitrogens is 2. The van der Waals surface area contributed by atoms with Gasteiger partial charge in [0.15, 0.2) is 9.84 Å². The van der Waals surface area contributed by atoms with Crippen LogP contribution in [0.15, 0.2) is 41.6 Å². The summed E-state index contributed by atoms with van der Waals surface area (Å²) in [6, 6.07) is 6.31. The summed E-state index contributed by atoms with van der Waals surface area (Å²) in [6.07, 6.45) is 4.25. The minimum Gasteiger partial charge on any atom is -0.387 e. The molecule has 1 aromatic heterocycles. The van der Waals surface area contributed by atoms with E-state index in [9.17, 15) is 13.5 Å². The van der Waals surface area contributed by atoms with Gasteiger partial charge in [-0.25, -0.2) is 8.42 Å². The molecule has 0 aliphatic carbocycles. The van der Waals surface area contributed by atoms with Gasteiger partial charge in [-0.2, -0.15) is 5.10 Å². The highest BCUT2D eigenvalue weighted by Crippen LogP contribution is 2.15. The van der Waals surface area contributed by atoms with Crippen LogP contribution in [0.5, 0.6) is 0 Å². The fraction of sp³-hybridized carbons (Fsp3) is 0.400. The van der Waals surface area contributed by atoms with Crippen molar-refractivity contribution in [1.82, 2.24) is 15.1 Å². The van der Waals surface area contributed by atoms with E-state index in [1.807, 2.05) is 17.8 Å². The molecule has 0 unspecified atom stereocenters. The van der Waals surface area contributed by atoms with Crippen LogP contribution in [0, 0.1) is 6.92 Å². The minimum atomic E-state index is -3.20. The first-order valence-corrected chi connectivity index (χ1v) is 8.93. The molecular formula is C15H21N3O3S. The summed E-state index contributed by atoms with van der Waals surface area (Å²) in [4.78, 5) is 0.255. The Morgan fingerprint density at radius 1 is 1.32 bits per heavy atom. The molecule has 0 fully saturated rings. The largest absolute Gasteiger partial charge is 0.387 e. The average Bonchev–Trinajstić information content (AvgIpc) is 2.88. The molecule has 0 bridgehead atoms. The van der Waals surface area contributed by atoms with Crippen molar-refractivity contribution in [3.63, 3.8) is 0 Å². The van der Waals surface area contributed by atoms with Gasteiger partial charge in [-0.1, -0.05) is 12.1 Å². The van der Waals surface area contributed by atoms with Crippen molar-refractivity contribution >= 4 is 9.84 Å². The third kappa shape index (κ3) is 4.66. The highest BCUT2D eigenvalue weighted by atomic mass is 32.2. The smallest absolute Gasteiger partial charge is 0.175 e. The van der Waals surface area contributed by atoms with E-state index in [2.05, 4.69) is 10.4 Å². The van der Waals surface area contributed by atoms with E-state index in [1.54, 1.807) is 18.3 Å². The zero-order valence-electron chi connectivity index (χ0n) is 12.7. The Bertz CT molecular complexity index is 708. The predicted octanol–water partition coefficient (Wildman–Crippen LogP) is 0.918. The van der Waals surface area contributed by atoms with E-state index in [0.29, 0.717) is 18.7 Å². The molecule has 0 aliphatic rings. The lowest BCUT2D eigenvalue weighted by molar-refractivity contribution is 0.174. The Labute approximate surface area is 130 Å². The van der Waals surface area contributed by atoms with Gasteiger partial charge < -0.3 is 10.4 Å². The summed E-state index contributed by atoms with van der Waals surface area (Å²) in [5.74, 6) is 0. The first-order chi connectivity index (χ1) is 10.4. The number of nitrogens with one attached hydrogen (secondary N) is 1. The van der Waals surface area contributed by atoms with Crippen LogP contribution in [0.3, 0.4) is 0 Å². The SMILES string of the molecule is Cc1cnn(CCNC[C@H](O)c2ccc(S(C)(=O)=O)cc2)c1. The van der Waals surface area contributed by atoms with Crippen LogP contribution in [-0.4, -0.2) is 42.7 Å². The maximum absolute atomic E-state index is 11.4. The van der Waals surface area contributed by atoms with Gasteiger partial charge in [0.25, 0.3) is 0 Å². The van der Waals surface area contributed by atoms with Crippen molar-refractivity contribution in [2.45, 2.75) is 24.5 Å². The summed E-state index contributed by atoms with van der Waals surface area (Å²) in [5, 5.41) is 17.4. The standard InChI is InChI=1S/C15H21N3O3S/c1-12-9-17-18(11-12)8-7-16-10-15(19)13-3-5-14(6-4-13)22(2,20)21/h3-6,9,11,15-16,19H,7-8,10H2,1-2H3/t15-/m0/s1. The number of nitrogens with zero attached hydrogens (tertiary/aromatic N) is 2. The first kappa shape index (κ1) is 16.7. The first-order valence-electron chi connectivity index (χ1n) is 7.04. The number of aryl methyl sites for hydroxylation is 1. The Kier molecular flexibility index (Phi) is 5.33. The van der Waals surface area contributed by atoms with Crippen molar-refractivity contribution in [1.29, 1.82) is 0 Å². The molecule has 7 heteroatoms. The number of aliphatic hydroxyl groups is 1. The second-order valence-electron chi connectivity index (χ2n) is 5.34. The van der Waals surface area contributed by atoms with Crippen molar-refractivity contribution in [2.75, 3.05) is 19.3 Å². The third-order valence-corrected chi connectivity index (χ3v) is 4.44. The van der Waals surface area contributed by atoms with E-state index in [4.69, 9.17) is 0 Å². The Morgan fingerprint density at radius 3 is 2.55 bits per heavy atom. The molecule has 1 aromatic carbocycles. The molecule has 0 spiro atoms. The summed E-state index contributed by atoms with van der Waals surface area (Å²) in [6.45, 7) is 3.81. The van der Waals surface area contributed by atoms with Gasteiger partial charge in [0.2, 0.25) is 0 Å². The van der Waals surface area contributed by atoms with E-state index in [-0.39, 0.29) is 4.90 Å². The van der Waals surface area contributed by atoms with Gasteiger partial charge in [0.05, 0.1) is 23.7 Å². The van der Waals surface area contributed by atoms with Gasteiger partial charge in [-0.3, -0.25) is 4.68 Å². The van der Waals surface area contributed by atoms with Gasteiger partial charge in [-0.15, -0.1) is 0 Å². The number of sulfone groups is 1. The van der Waals surface area contributed by atoms with Gasteiger partial charge in [-0.05, 0) is 30.2 Å². The molecule has 0 amide bonds. The third-order valence-electron chi connectivity index (χ3n) is 3.31. The maximum Gasteiger partial charge on any atom is 0.175 e. The molecule has 2 aromatic rings. The highest BCUT2D eigenvalue weighted by Gasteiger charge is 2.10. The van der Waals surface area contributed by atoms with Gasteiger partial charge in [0.1, 0.15) is 0 Å². The highest BCUT2D eigenvalue weighted by molar-refractivity contribution is 7.90. The predicted molar refractivity (Wildman–Crippen MR) is 84.3 cm³/mol. The van der Waals surface area contributed by atoms with E-state index in [1.165, 1.54) is 12.1 Å². The van der Waals surface area contributed by atoms with Crippen LogP contribution in [0.4, 0.5) is 0 Å². The molecule has 2 N–H and O–H groups in total. The Hall–Kier alpha value is -1.70. The lowest BCUT2D eigenvalue weighted by Gasteiger charge is -2.12. The molecule has 0 radical (unpaired) electrons. The topological polar surface area (TPSA) is 84.2 Å². The second-order valence-corrected chi connectivity index (χ2v) is 7.36. The van der Waals surface area contributed by atoms with Crippen LogP contribution in [-0.2, 0) is 16.4 Å². The monoisotopic (exact) mass is 323 g/mol. The fourth-order valence-electron chi connectivity index (χ4n) is 2.08. The van der Waals surface area contributed by atoms with E-state index < -0.39 is 15.9 Å². The molecule has 1 heterocycles. The summed E-state index contributed by atoms with van der Waals surface area (Å²) >= 11 is 0. The summed E-state index contributed by atoms with van der Waals surface area (Å²) < 4.78 is 24.6. The van der Waals surface area contributed by atoms with Crippen molar-refractivity contribution < 1.29 is 13.5 Å². The van der Waals surface area contributed by atoms with Crippen molar-refractivity contribution in [2.24, 2.45) is 0 Å². The zero-order valence-corrected chi connectivity index (χ0v) is 13.5. The van der Waals surface area contributed by atoms with Crippen molar-refractivity contribution in [3.05, 3.63) is 47.8 Å². The minimum absolute atomic E-state index is 0.255. The number of hydrogen-bond donors (Lipinski definition) is 2. The average molecular weight is 323 g/mol. The van der Waals surface area contributed by atoms with Gasteiger partial charge in [0, 0.05) is 25.5 Å². The lowest BCUT2D eigenvalue weighted by Crippen LogP contribution is -2.25. The quantitative estimate of drug-likeness (QED) is 0.740. The molecule has 0 saturated carbocycles. The molecule has 0 saturated heterocycles. The van der Waals surface area contributed by atoms with Crippen LogP contribution in [0.1, 0.15) is 17.2 Å². The van der Waals surface area contributed by atoms with Crippen LogP contribution >= 0.6 is 0 Å². The Balaban J connectivity index is 1.80. The zero-order chi connectivity index (χ0) is 16.2. The van der Waals surface area contributed by atoms with Crippen molar-refractivity contribution in [3.8, 4) is 0 Å². The van der Waals surface area contributed by atoms with Crippen LogP contribution in [0.25, 0.3) is 0 Å². The molecular weight excluding hydrogens is 302 g/mol. The maximum atomic E-state index is 11.4. The molecule has 22 heavy (non-hydrogen) atoms. The molecule has 6 nitrogen and oxygen atoms in total.